The summed E-state index contributed by atoms with van der Waals surface area (Å²) in [5.41, 5.74) is 2.00. The number of amides is 2. The Morgan fingerprint density at radius 1 is 1.12 bits per heavy atom. The van der Waals surface area contributed by atoms with E-state index in [2.05, 4.69) is 29.3 Å². The quantitative estimate of drug-likeness (QED) is 0.158. The number of carbonyl (C=O) groups excluding carboxylic acids is 1. The number of carbonyl (C=O) groups is 2. The second-order valence-electron chi connectivity index (χ2n) is 17.0. The van der Waals surface area contributed by atoms with E-state index in [1.54, 1.807) is 45.0 Å². The molecule has 13 nitrogen and oxygen atoms in total. The molecule has 5 aliphatic rings. The normalized spacial score (nSPS) is 23.5. The van der Waals surface area contributed by atoms with Crippen LogP contribution in [0.25, 0.3) is 32.9 Å². The smallest absolute Gasteiger partial charge is 0.412 e. The Morgan fingerprint density at radius 3 is 2.58 bits per heavy atom. The molecular formula is C43H44FN7O6. The van der Waals surface area contributed by atoms with Crippen molar-refractivity contribution < 1.29 is 33.3 Å². The fourth-order valence-electron chi connectivity index (χ4n) is 9.84. The number of piperazine rings is 1. The molecule has 0 spiro atoms. The number of anilines is 2. The number of hydrogen-bond donors (Lipinski definition) is 2. The molecule has 7 heterocycles. The Hall–Kier alpha value is -5.94. The number of benzene rings is 2. The highest BCUT2D eigenvalue weighted by Gasteiger charge is 2.53. The van der Waals surface area contributed by atoms with Crippen LogP contribution in [0, 0.1) is 18.2 Å². The third kappa shape index (κ3) is 6.07. The van der Waals surface area contributed by atoms with Crippen molar-refractivity contribution in [2.75, 3.05) is 36.5 Å². The van der Waals surface area contributed by atoms with Crippen LogP contribution < -0.4 is 19.7 Å². The Bertz CT molecular complexity index is 2450. The molecule has 5 aliphatic heterocycles. The lowest BCUT2D eigenvalue weighted by Crippen LogP contribution is -2.64. The third-order valence-corrected chi connectivity index (χ3v) is 11.9. The molecule has 4 unspecified atom stereocenters. The number of fused-ring (bicyclic) bond motifs is 7. The molecule has 4 atom stereocenters. The lowest BCUT2D eigenvalue weighted by Gasteiger charge is -2.47. The SMILES string of the molecule is C#Cc1cccc2cc(NC(=O)OC(C)(C)C)cc(-c3nc4c5c(nc(OCC67CC(=C)CN6CC(=C)C7)nc5c3F)N3CC5CCC(C3C(C)O4)N5C(=O)O)c12. The highest BCUT2D eigenvalue weighted by Crippen LogP contribution is 2.48. The maximum atomic E-state index is 17.7. The van der Waals surface area contributed by atoms with E-state index < -0.39 is 41.8 Å². The van der Waals surface area contributed by atoms with Gasteiger partial charge in [0.05, 0.1) is 23.7 Å². The Balaban J connectivity index is 1.24. The van der Waals surface area contributed by atoms with E-state index in [-0.39, 0.29) is 46.7 Å². The summed E-state index contributed by atoms with van der Waals surface area (Å²) in [6.07, 6.45) is 6.51. The van der Waals surface area contributed by atoms with Gasteiger partial charge in [-0.05, 0) is 77.0 Å². The molecule has 2 N–H and O–H groups in total. The molecule has 4 saturated heterocycles. The number of ether oxygens (including phenoxy) is 3. The first kappa shape index (κ1) is 36.7. The van der Waals surface area contributed by atoms with E-state index >= 15 is 4.39 Å². The van der Waals surface area contributed by atoms with Gasteiger partial charge < -0.3 is 24.2 Å². The zero-order valence-electron chi connectivity index (χ0n) is 32.4. The average Bonchev–Trinajstić information content (AvgIpc) is 3.70. The zero-order chi connectivity index (χ0) is 40.1. The van der Waals surface area contributed by atoms with Gasteiger partial charge in [-0.1, -0.05) is 42.4 Å². The van der Waals surface area contributed by atoms with Gasteiger partial charge in [-0.15, -0.1) is 6.42 Å². The number of halogens is 1. The van der Waals surface area contributed by atoms with Crippen LogP contribution >= 0.6 is 0 Å². The first-order chi connectivity index (χ1) is 27.1. The van der Waals surface area contributed by atoms with Crippen molar-refractivity contribution in [3.05, 3.63) is 66.0 Å². The summed E-state index contributed by atoms with van der Waals surface area (Å²) in [5.74, 6) is 2.41. The van der Waals surface area contributed by atoms with Crippen molar-refractivity contribution in [3.63, 3.8) is 0 Å². The van der Waals surface area contributed by atoms with Crippen LogP contribution in [0.3, 0.4) is 0 Å². The predicted molar refractivity (Wildman–Crippen MR) is 213 cm³/mol. The molecule has 2 amide bonds. The van der Waals surface area contributed by atoms with Crippen LogP contribution in [0.15, 0.2) is 54.6 Å². The van der Waals surface area contributed by atoms with Crippen molar-refractivity contribution in [2.24, 2.45) is 0 Å². The van der Waals surface area contributed by atoms with Crippen LogP contribution in [0.1, 0.15) is 58.9 Å². The lowest BCUT2D eigenvalue weighted by atomic mass is 9.92. The molecular weight excluding hydrogens is 730 g/mol. The summed E-state index contributed by atoms with van der Waals surface area (Å²) in [4.78, 5) is 46.0. The second-order valence-corrected chi connectivity index (χ2v) is 17.0. The average molecular weight is 774 g/mol. The first-order valence-electron chi connectivity index (χ1n) is 19.2. The van der Waals surface area contributed by atoms with Gasteiger partial charge in [-0.3, -0.25) is 15.1 Å². The standard InChI is InChI=1S/C43H44FN7O6/c1-8-25-10-9-11-26-14-27(45-40(52)57-42(5,6)7)15-29(31(25)26)34-33(44)35-32-37(48-39(47-35)55-21-43-16-22(2)18-49(43)19-23(3)17-43)50-20-28-12-13-30(51(28)41(53)54)36(50)24(4)56-38(32)46-34/h1,9-11,14-15,24,28,30,36H,2-3,12-13,16-21H2,4-7H3,(H,45,52)(H,53,54). The highest BCUT2D eigenvalue weighted by atomic mass is 19.1. The maximum Gasteiger partial charge on any atom is 0.412 e. The Labute approximate surface area is 329 Å². The number of pyridine rings is 1. The van der Waals surface area contributed by atoms with Crippen molar-refractivity contribution in [1.29, 1.82) is 0 Å². The molecule has 294 valence electrons. The first-order valence-corrected chi connectivity index (χ1v) is 19.2. The van der Waals surface area contributed by atoms with Gasteiger partial charge in [0.2, 0.25) is 5.88 Å². The molecule has 2 bridgehead atoms. The van der Waals surface area contributed by atoms with Crippen molar-refractivity contribution in [2.45, 2.75) is 88.7 Å². The highest BCUT2D eigenvalue weighted by molar-refractivity contribution is 6.06. The molecule has 0 aliphatic carbocycles. The van der Waals surface area contributed by atoms with E-state index in [9.17, 15) is 14.7 Å². The van der Waals surface area contributed by atoms with Crippen molar-refractivity contribution in [3.8, 4) is 35.5 Å². The topological polar surface area (TPSA) is 142 Å². The number of terminal acetylenes is 1. The van der Waals surface area contributed by atoms with E-state index in [1.165, 1.54) is 4.90 Å². The summed E-state index contributed by atoms with van der Waals surface area (Å²) >= 11 is 0. The number of aromatic nitrogens is 3. The number of nitrogens with one attached hydrogen (secondary N) is 1. The largest absolute Gasteiger partial charge is 0.472 e. The number of hydrogen-bond acceptors (Lipinski definition) is 10. The monoisotopic (exact) mass is 773 g/mol. The molecule has 2 aromatic carbocycles. The Morgan fingerprint density at radius 2 is 1.88 bits per heavy atom. The molecule has 0 radical (unpaired) electrons. The van der Waals surface area contributed by atoms with Crippen LogP contribution in [0.5, 0.6) is 11.9 Å². The maximum absolute atomic E-state index is 17.7. The summed E-state index contributed by atoms with van der Waals surface area (Å²) < 4.78 is 36.4. The van der Waals surface area contributed by atoms with Gasteiger partial charge in [0.25, 0.3) is 0 Å². The zero-order valence-corrected chi connectivity index (χ0v) is 32.4. The minimum absolute atomic E-state index is 0.0281. The second kappa shape index (κ2) is 13.1. The number of carboxylic acid groups (broad SMARTS) is 1. The molecule has 57 heavy (non-hydrogen) atoms. The third-order valence-electron chi connectivity index (χ3n) is 11.9. The molecule has 4 aromatic rings. The molecule has 9 rings (SSSR count). The van der Waals surface area contributed by atoms with E-state index in [4.69, 9.17) is 35.6 Å². The summed E-state index contributed by atoms with van der Waals surface area (Å²) in [6.45, 7) is 17.7. The number of rotatable bonds is 5. The van der Waals surface area contributed by atoms with Crippen LogP contribution in [-0.2, 0) is 4.74 Å². The van der Waals surface area contributed by atoms with Gasteiger partial charge in [0.1, 0.15) is 40.7 Å². The summed E-state index contributed by atoms with van der Waals surface area (Å²) in [5, 5.41) is 14.5. The van der Waals surface area contributed by atoms with Crippen molar-refractivity contribution >= 4 is 45.4 Å². The van der Waals surface area contributed by atoms with E-state index in [0.29, 0.717) is 52.8 Å². The fourth-order valence-corrected chi connectivity index (χ4v) is 9.84. The minimum atomic E-state index is -0.990. The van der Waals surface area contributed by atoms with Gasteiger partial charge in [0.15, 0.2) is 5.82 Å². The van der Waals surface area contributed by atoms with Gasteiger partial charge in [-0.25, -0.2) is 19.0 Å². The molecule has 0 saturated carbocycles. The number of nitrogens with zero attached hydrogens (tertiary/aromatic N) is 6. The molecule has 14 heteroatoms. The lowest BCUT2D eigenvalue weighted by molar-refractivity contribution is 0.0634. The van der Waals surface area contributed by atoms with Crippen LogP contribution in [-0.4, -0.2) is 104 Å². The summed E-state index contributed by atoms with van der Waals surface area (Å²) in [7, 11) is 0. The van der Waals surface area contributed by atoms with Gasteiger partial charge in [0, 0.05) is 41.8 Å². The van der Waals surface area contributed by atoms with Crippen LogP contribution in [0.2, 0.25) is 0 Å². The van der Waals surface area contributed by atoms with Gasteiger partial charge >= 0.3 is 18.2 Å². The van der Waals surface area contributed by atoms with Crippen molar-refractivity contribution in [1.82, 2.24) is 24.8 Å². The Kier molecular flexibility index (Phi) is 8.40. The van der Waals surface area contributed by atoms with E-state index in [0.717, 1.165) is 37.1 Å². The summed E-state index contributed by atoms with van der Waals surface area (Å²) in [6, 6.07) is 7.52. The predicted octanol–water partition coefficient (Wildman–Crippen LogP) is 7.13. The fraction of sp³-hybridized carbons (Fsp3) is 0.419. The molecule has 4 fully saturated rings. The van der Waals surface area contributed by atoms with Gasteiger partial charge in [-0.2, -0.15) is 9.97 Å². The molecule has 2 aromatic heterocycles. The van der Waals surface area contributed by atoms with Crippen LogP contribution in [0.4, 0.5) is 25.5 Å². The van der Waals surface area contributed by atoms with E-state index in [1.807, 2.05) is 17.9 Å². The minimum Gasteiger partial charge on any atom is -0.472 e.